The largest absolute Gasteiger partial charge is 0.366 e. The molecule has 0 aliphatic rings. The van der Waals surface area contributed by atoms with Crippen molar-refractivity contribution in [3.8, 4) is 0 Å². The molecule has 0 aromatic heterocycles. The minimum absolute atomic E-state index is 0.0238. The molecule has 2 rings (SSSR count). The van der Waals surface area contributed by atoms with Crippen molar-refractivity contribution in [2.75, 3.05) is 5.32 Å². The number of sulfonamides is 1. The van der Waals surface area contributed by atoms with Crippen LogP contribution in [-0.2, 0) is 16.6 Å². The van der Waals surface area contributed by atoms with Crippen molar-refractivity contribution < 1.29 is 18.0 Å². The van der Waals surface area contributed by atoms with Gasteiger partial charge in [0.15, 0.2) is 0 Å². The molecule has 27 heavy (non-hydrogen) atoms. The molecule has 5 N–H and O–H groups in total. The van der Waals surface area contributed by atoms with Crippen molar-refractivity contribution in [3.05, 3.63) is 59.7 Å². The van der Waals surface area contributed by atoms with Crippen LogP contribution in [-0.4, -0.2) is 26.4 Å². The van der Waals surface area contributed by atoms with Gasteiger partial charge in [0, 0.05) is 23.8 Å². The second-order valence-electron chi connectivity index (χ2n) is 6.16. The topological polar surface area (TPSA) is 130 Å². The number of amides is 3. The van der Waals surface area contributed by atoms with Gasteiger partial charge < -0.3 is 16.4 Å². The Morgan fingerprint density at radius 2 is 1.59 bits per heavy atom. The van der Waals surface area contributed by atoms with Gasteiger partial charge in [0.25, 0.3) is 0 Å². The first-order valence-electron chi connectivity index (χ1n) is 8.23. The number of primary amides is 1. The van der Waals surface area contributed by atoms with Crippen LogP contribution in [0.1, 0.15) is 29.8 Å². The highest BCUT2D eigenvalue weighted by atomic mass is 32.2. The third-order valence-electron chi connectivity index (χ3n) is 3.55. The van der Waals surface area contributed by atoms with E-state index in [-0.39, 0.29) is 29.1 Å². The second kappa shape index (κ2) is 8.65. The standard InChI is InChI=1S/C18H22N4O4S/c1-12(2)21-18(24)22-15-7-3-13(4-8-15)11-20-27(25,26)16-9-5-14(6-10-16)17(19)23/h3-10,12,20H,11H2,1-2H3,(H2,19,23)(H2,21,22,24). The fourth-order valence-electron chi connectivity index (χ4n) is 2.20. The molecule has 0 fully saturated rings. The van der Waals surface area contributed by atoms with E-state index in [9.17, 15) is 18.0 Å². The van der Waals surface area contributed by atoms with Crippen molar-refractivity contribution in [2.45, 2.75) is 31.3 Å². The van der Waals surface area contributed by atoms with Crippen molar-refractivity contribution in [1.82, 2.24) is 10.0 Å². The molecule has 0 radical (unpaired) electrons. The molecule has 0 aliphatic carbocycles. The van der Waals surface area contributed by atoms with Gasteiger partial charge in [0.05, 0.1) is 4.90 Å². The van der Waals surface area contributed by atoms with E-state index in [0.717, 1.165) is 5.56 Å². The molecule has 0 atom stereocenters. The number of hydrogen-bond acceptors (Lipinski definition) is 4. The number of nitrogens with two attached hydrogens (primary N) is 1. The molecular weight excluding hydrogens is 368 g/mol. The fourth-order valence-corrected chi connectivity index (χ4v) is 3.21. The summed E-state index contributed by atoms with van der Waals surface area (Å²) in [6.07, 6.45) is 0. The van der Waals surface area contributed by atoms with Crippen molar-refractivity contribution >= 4 is 27.6 Å². The van der Waals surface area contributed by atoms with Crippen LogP contribution in [0.5, 0.6) is 0 Å². The third-order valence-corrected chi connectivity index (χ3v) is 4.96. The molecular formula is C18H22N4O4S. The minimum atomic E-state index is -3.73. The maximum Gasteiger partial charge on any atom is 0.319 e. The Morgan fingerprint density at radius 3 is 2.11 bits per heavy atom. The van der Waals surface area contributed by atoms with Crippen molar-refractivity contribution in [3.63, 3.8) is 0 Å². The zero-order valence-electron chi connectivity index (χ0n) is 15.0. The van der Waals surface area contributed by atoms with Crippen LogP contribution in [0.3, 0.4) is 0 Å². The first-order chi connectivity index (χ1) is 12.7. The SMILES string of the molecule is CC(C)NC(=O)Nc1ccc(CNS(=O)(=O)c2ccc(C(N)=O)cc2)cc1. The second-order valence-corrected chi connectivity index (χ2v) is 7.93. The van der Waals surface area contributed by atoms with Crippen LogP contribution < -0.4 is 21.1 Å². The summed E-state index contributed by atoms with van der Waals surface area (Å²) in [6, 6.07) is 11.9. The summed E-state index contributed by atoms with van der Waals surface area (Å²) in [5.74, 6) is -0.623. The maximum atomic E-state index is 12.3. The van der Waals surface area contributed by atoms with E-state index in [1.54, 1.807) is 24.3 Å². The molecule has 0 saturated heterocycles. The molecule has 0 bridgehead atoms. The molecule has 0 heterocycles. The number of carbonyl (C=O) groups excluding carboxylic acids is 2. The lowest BCUT2D eigenvalue weighted by molar-refractivity contribution is 0.1000. The molecule has 0 spiro atoms. The number of benzene rings is 2. The highest BCUT2D eigenvalue weighted by Crippen LogP contribution is 2.13. The van der Waals surface area contributed by atoms with Crippen LogP contribution in [0, 0.1) is 0 Å². The quantitative estimate of drug-likeness (QED) is 0.574. The Labute approximate surface area is 158 Å². The zero-order chi connectivity index (χ0) is 20.0. The van der Waals surface area contributed by atoms with Gasteiger partial charge in [0.2, 0.25) is 15.9 Å². The molecule has 3 amide bonds. The van der Waals surface area contributed by atoms with Gasteiger partial charge in [-0.05, 0) is 55.8 Å². The fraction of sp³-hybridized carbons (Fsp3) is 0.222. The molecule has 8 nitrogen and oxygen atoms in total. The summed E-state index contributed by atoms with van der Waals surface area (Å²) in [4.78, 5) is 22.7. The van der Waals surface area contributed by atoms with Crippen LogP contribution in [0.4, 0.5) is 10.5 Å². The van der Waals surface area contributed by atoms with Gasteiger partial charge >= 0.3 is 6.03 Å². The minimum Gasteiger partial charge on any atom is -0.366 e. The van der Waals surface area contributed by atoms with Crippen molar-refractivity contribution in [2.24, 2.45) is 5.73 Å². The predicted octanol–water partition coefficient (Wildman–Crippen LogP) is 1.79. The number of nitrogens with one attached hydrogen (secondary N) is 3. The number of carbonyl (C=O) groups is 2. The summed E-state index contributed by atoms with van der Waals surface area (Å²) in [7, 11) is -3.73. The lowest BCUT2D eigenvalue weighted by Crippen LogP contribution is -2.34. The van der Waals surface area contributed by atoms with Gasteiger partial charge in [-0.2, -0.15) is 0 Å². The first-order valence-corrected chi connectivity index (χ1v) is 9.71. The van der Waals surface area contributed by atoms with Gasteiger partial charge in [-0.15, -0.1) is 0 Å². The van der Waals surface area contributed by atoms with E-state index in [4.69, 9.17) is 5.73 Å². The highest BCUT2D eigenvalue weighted by molar-refractivity contribution is 7.89. The predicted molar refractivity (Wildman–Crippen MR) is 103 cm³/mol. The third kappa shape index (κ3) is 6.08. The summed E-state index contributed by atoms with van der Waals surface area (Å²) in [5.41, 5.74) is 6.70. The zero-order valence-corrected chi connectivity index (χ0v) is 15.8. The van der Waals surface area contributed by atoms with Crippen LogP contribution >= 0.6 is 0 Å². The molecule has 144 valence electrons. The number of rotatable bonds is 7. The van der Waals surface area contributed by atoms with E-state index >= 15 is 0 Å². The smallest absolute Gasteiger partial charge is 0.319 e. The van der Waals surface area contributed by atoms with Gasteiger partial charge in [0.1, 0.15) is 0 Å². The van der Waals surface area contributed by atoms with E-state index in [0.29, 0.717) is 5.69 Å². The summed E-state index contributed by atoms with van der Waals surface area (Å²) in [6.45, 7) is 3.80. The molecule has 0 saturated carbocycles. The number of anilines is 1. The van der Waals surface area contributed by atoms with E-state index in [1.165, 1.54) is 24.3 Å². The first kappa shape index (κ1) is 20.4. The Kier molecular flexibility index (Phi) is 6.54. The van der Waals surface area contributed by atoms with E-state index in [1.807, 2.05) is 13.8 Å². The molecule has 0 unspecified atom stereocenters. The summed E-state index contributed by atoms with van der Waals surface area (Å²) < 4.78 is 27.1. The highest BCUT2D eigenvalue weighted by Gasteiger charge is 2.14. The van der Waals surface area contributed by atoms with Gasteiger partial charge in [-0.25, -0.2) is 17.9 Å². The lowest BCUT2D eigenvalue weighted by atomic mass is 10.2. The average Bonchev–Trinajstić information content (AvgIpc) is 2.60. The lowest BCUT2D eigenvalue weighted by Gasteiger charge is -2.11. The van der Waals surface area contributed by atoms with Crippen LogP contribution in [0.15, 0.2) is 53.4 Å². The van der Waals surface area contributed by atoms with Crippen molar-refractivity contribution in [1.29, 1.82) is 0 Å². The molecule has 2 aromatic rings. The molecule has 9 heteroatoms. The normalized spacial score (nSPS) is 11.2. The Bertz CT molecular complexity index is 907. The van der Waals surface area contributed by atoms with Crippen LogP contribution in [0.2, 0.25) is 0 Å². The Balaban J connectivity index is 1.97. The number of urea groups is 1. The maximum absolute atomic E-state index is 12.3. The van der Waals surface area contributed by atoms with E-state index in [2.05, 4.69) is 15.4 Å². The average molecular weight is 390 g/mol. The molecule has 0 aliphatic heterocycles. The Hall–Kier alpha value is -2.91. The molecule has 2 aromatic carbocycles. The summed E-state index contributed by atoms with van der Waals surface area (Å²) in [5, 5.41) is 5.40. The van der Waals surface area contributed by atoms with Gasteiger partial charge in [-0.3, -0.25) is 4.79 Å². The monoisotopic (exact) mass is 390 g/mol. The number of hydrogen-bond donors (Lipinski definition) is 4. The van der Waals surface area contributed by atoms with E-state index < -0.39 is 15.9 Å². The summed E-state index contributed by atoms with van der Waals surface area (Å²) >= 11 is 0. The van der Waals surface area contributed by atoms with Crippen LogP contribution in [0.25, 0.3) is 0 Å². The Morgan fingerprint density at radius 1 is 1.00 bits per heavy atom. The van der Waals surface area contributed by atoms with Gasteiger partial charge in [-0.1, -0.05) is 12.1 Å².